The monoisotopic (exact) mass is 396 g/mol. The molecule has 138 valence electrons. The maximum Gasteiger partial charge on any atom is 0.101 e. The highest BCUT2D eigenvalue weighted by Crippen LogP contribution is 2.31. The molecule has 0 aromatic heterocycles. The highest BCUT2D eigenvalue weighted by molar-refractivity contribution is 7.80. The second-order valence-corrected chi connectivity index (χ2v) is 12.0. The lowest BCUT2D eigenvalue weighted by atomic mass is 10.2. The van der Waals surface area contributed by atoms with Gasteiger partial charge in [-0.05, 0) is 35.9 Å². The molecule has 0 radical (unpaired) electrons. The lowest BCUT2D eigenvalue weighted by Crippen LogP contribution is -2.48. The maximum absolute atomic E-state index is 2.48. The van der Waals surface area contributed by atoms with Crippen molar-refractivity contribution in [2.45, 2.75) is 13.5 Å². The molecule has 1 unspecified atom stereocenters. The van der Waals surface area contributed by atoms with E-state index in [1.54, 1.807) is 10.4 Å². The second kappa shape index (κ2) is 8.69. The van der Waals surface area contributed by atoms with Crippen molar-refractivity contribution in [1.29, 1.82) is 0 Å². The molecule has 2 heteroatoms. The Hall–Kier alpha value is -2.47. The Labute approximate surface area is 171 Å². The van der Waals surface area contributed by atoms with Gasteiger partial charge in [-0.1, -0.05) is 126 Å². The first kappa shape index (κ1) is 18.9. The van der Waals surface area contributed by atoms with Gasteiger partial charge in [0.05, 0.1) is 0 Å². The Bertz CT molecular complexity index is 1000. The van der Waals surface area contributed by atoms with Crippen LogP contribution in [-0.2, 0) is 0 Å². The van der Waals surface area contributed by atoms with Crippen LogP contribution in [-0.4, -0.2) is 8.80 Å². The fraction of sp³-hybridized carbons (Fsp3) is 0.0769. The van der Waals surface area contributed by atoms with Crippen molar-refractivity contribution >= 4 is 43.0 Å². The molecular weight excluding hydrogens is 371 g/mol. The van der Waals surface area contributed by atoms with Gasteiger partial charge in [0, 0.05) is 0 Å². The van der Waals surface area contributed by atoms with E-state index in [4.69, 9.17) is 0 Å². The molecule has 4 rings (SSSR count). The van der Waals surface area contributed by atoms with Gasteiger partial charge in [0.25, 0.3) is 0 Å². The van der Waals surface area contributed by atoms with Crippen molar-refractivity contribution < 1.29 is 0 Å². The third-order valence-corrected chi connectivity index (χ3v) is 11.1. The third kappa shape index (κ3) is 3.87. The van der Waals surface area contributed by atoms with Gasteiger partial charge >= 0.3 is 0 Å². The Morgan fingerprint density at radius 2 is 1.00 bits per heavy atom. The lowest BCUT2D eigenvalue weighted by Gasteiger charge is -2.25. The molecule has 0 N–H and O–H groups in total. The number of hydrogen-bond donors (Lipinski definition) is 0. The van der Waals surface area contributed by atoms with E-state index in [1.165, 1.54) is 21.5 Å². The normalized spacial score (nSPS) is 12.1. The van der Waals surface area contributed by atoms with Crippen molar-refractivity contribution in [3.8, 4) is 0 Å². The van der Waals surface area contributed by atoms with E-state index in [-0.39, 0.29) is 0 Å². The van der Waals surface area contributed by atoms with Gasteiger partial charge in [-0.25, -0.2) is 0 Å². The van der Waals surface area contributed by atoms with Gasteiger partial charge in [0.2, 0.25) is 0 Å². The van der Waals surface area contributed by atoms with E-state index < -0.39 is 16.7 Å². The van der Waals surface area contributed by atoms with Crippen molar-refractivity contribution in [2.75, 3.05) is 0 Å². The third-order valence-electron chi connectivity index (χ3n) is 5.33. The molecule has 0 nitrogen and oxygen atoms in total. The molecule has 0 saturated carbocycles. The standard InChI is InChI=1S/C26H25PSi/c1-21-13-9-11-19-25(21)28(2)26-20-12-10-18-24(26)27(22-14-5-3-6-15-22)23-16-7-4-8-17-23/h3-20,28H,1-2H3. The highest BCUT2D eigenvalue weighted by atomic mass is 31.1. The van der Waals surface area contributed by atoms with Gasteiger partial charge in [-0.15, -0.1) is 0 Å². The van der Waals surface area contributed by atoms with Crippen LogP contribution in [0.1, 0.15) is 5.56 Å². The van der Waals surface area contributed by atoms with Crippen molar-refractivity contribution in [3.63, 3.8) is 0 Å². The highest BCUT2D eigenvalue weighted by Gasteiger charge is 2.23. The summed E-state index contributed by atoms with van der Waals surface area (Å²) in [7, 11) is -1.85. The summed E-state index contributed by atoms with van der Waals surface area (Å²) in [5.74, 6) is 0. The first-order valence-corrected chi connectivity index (χ1v) is 13.5. The Balaban J connectivity index is 1.88. The average molecular weight is 397 g/mol. The van der Waals surface area contributed by atoms with Crippen LogP contribution in [0.3, 0.4) is 0 Å². The van der Waals surface area contributed by atoms with Gasteiger partial charge in [-0.2, -0.15) is 0 Å². The van der Waals surface area contributed by atoms with Gasteiger partial charge in [0.15, 0.2) is 0 Å². The molecule has 28 heavy (non-hydrogen) atoms. The molecule has 0 amide bonds. The smallest absolute Gasteiger partial charge is 0.0641 e. The number of benzene rings is 4. The number of aryl methyl sites for hydroxylation is 1. The van der Waals surface area contributed by atoms with E-state index in [9.17, 15) is 0 Å². The largest absolute Gasteiger partial charge is 0.101 e. The number of rotatable bonds is 5. The minimum atomic E-state index is -1.28. The van der Waals surface area contributed by atoms with E-state index in [0.29, 0.717) is 0 Å². The van der Waals surface area contributed by atoms with Gasteiger partial charge in [-0.3, -0.25) is 0 Å². The van der Waals surface area contributed by atoms with E-state index in [1.807, 2.05) is 0 Å². The predicted molar refractivity (Wildman–Crippen MR) is 129 cm³/mol. The topological polar surface area (TPSA) is 0 Å². The Morgan fingerprint density at radius 1 is 0.536 bits per heavy atom. The minimum Gasteiger partial charge on any atom is -0.0641 e. The summed E-state index contributed by atoms with van der Waals surface area (Å²) >= 11 is 0. The first-order chi connectivity index (χ1) is 13.8. The molecule has 0 aliphatic heterocycles. The molecular formula is C26H25PSi. The first-order valence-electron chi connectivity index (χ1n) is 9.80. The second-order valence-electron chi connectivity index (χ2n) is 7.14. The quantitative estimate of drug-likeness (QED) is 0.356. The average Bonchev–Trinajstić information content (AvgIpc) is 2.76. The summed E-state index contributed by atoms with van der Waals surface area (Å²) < 4.78 is 0. The Morgan fingerprint density at radius 3 is 1.57 bits per heavy atom. The van der Waals surface area contributed by atoms with E-state index >= 15 is 0 Å². The zero-order valence-electron chi connectivity index (χ0n) is 16.4. The van der Waals surface area contributed by atoms with Crippen LogP contribution in [0.15, 0.2) is 109 Å². The summed E-state index contributed by atoms with van der Waals surface area (Å²) in [6.07, 6.45) is 0. The zero-order chi connectivity index (χ0) is 19.3. The fourth-order valence-electron chi connectivity index (χ4n) is 3.88. The Kier molecular flexibility index (Phi) is 5.86. The summed E-state index contributed by atoms with van der Waals surface area (Å²) in [4.78, 5) is 0. The van der Waals surface area contributed by atoms with Gasteiger partial charge < -0.3 is 0 Å². The molecule has 0 heterocycles. The van der Waals surface area contributed by atoms with Crippen LogP contribution in [0.5, 0.6) is 0 Å². The summed E-state index contributed by atoms with van der Waals surface area (Å²) in [6.45, 7) is 4.73. The SMILES string of the molecule is Cc1ccccc1[SiH](C)c1ccccc1P(c1ccccc1)c1ccccc1. The zero-order valence-corrected chi connectivity index (χ0v) is 18.5. The molecule has 0 aliphatic carbocycles. The van der Waals surface area contributed by atoms with Crippen LogP contribution in [0.4, 0.5) is 0 Å². The van der Waals surface area contributed by atoms with Crippen LogP contribution in [0.25, 0.3) is 0 Å². The van der Waals surface area contributed by atoms with E-state index in [0.717, 1.165) is 0 Å². The molecule has 0 spiro atoms. The molecule has 4 aromatic carbocycles. The van der Waals surface area contributed by atoms with Crippen LogP contribution < -0.4 is 26.3 Å². The van der Waals surface area contributed by atoms with Crippen molar-refractivity contribution in [3.05, 3.63) is 115 Å². The maximum atomic E-state index is 2.48. The fourth-order valence-corrected chi connectivity index (χ4v) is 9.66. The molecule has 0 fully saturated rings. The summed E-state index contributed by atoms with van der Waals surface area (Å²) in [5.41, 5.74) is 1.42. The van der Waals surface area contributed by atoms with Crippen LogP contribution in [0, 0.1) is 6.92 Å². The molecule has 0 aliphatic rings. The predicted octanol–water partition coefficient (Wildman–Crippen LogP) is 3.72. The number of hydrogen-bond acceptors (Lipinski definition) is 0. The van der Waals surface area contributed by atoms with Crippen molar-refractivity contribution in [1.82, 2.24) is 0 Å². The van der Waals surface area contributed by atoms with Crippen molar-refractivity contribution in [2.24, 2.45) is 0 Å². The van der Waals surface area contributed by atoms with Crippen LogP contribution in [0.2, 0.25) is 6.55 Å². The molecule has 0 bridgehead atoms. The molecule has 4 aromatic rings. The van der Waals surface area contributed by atoms with Crippen LogP contribution >= 0.6 is 7.92 Å². The van der Waals surface area contributed by atoms with E-state index in [2.05, 4.69) is 123 Å². The molecule has 0 saturated heterocycles. The molecule has 1 atom stereocenters. The summed E-state index contributed by atoms with van der Waals surface area (Å²) in [5, 5.41) is 7.46. The van der Waals surface area contributed by atoms with Gasteiger partial charge in [0.1, 0.15) is 8.80 Å². The minimum absolute atomic E-state index is 0.565. The lowest BCUT2D eigenvalue weighted by molar-refractivity contribution is 1.51. The summed E-state index contributed by atoms with van der Waals surface area (Å²) in [6, 6.07) is 40.1.